The highest BCUT2D eigenvalue weighted by Crippen LogP contribution is 2.24. The zero-order valence-corrected chi connectivity index (χ0v) is 15.5. The molecule has 0 aliphatic heterocycles. The monoisotopic (exact) mass is 367 g/mol. The van der Waals surface area contributed by atoms with Gasteiger partial charge in [0.05, 0.1) is 11.4 Å². The van der Waals surface area contributed by atoms with E-state index in [2.05, 4.69) is 5.32 Å². The third-order valence-electron chi connectivity index (χ3n) is 4.53. The Morgan fingerprint density at radius 1 is 0.821 bits per heavy atom. The molecule has 0 fully saturated rings. The molecule has 4 heteroatoms. The number of hydrogen-bond acceptors (Lipinski definition) is 2. The minimum atomic E-state index is -0.0273. The third kappa shape index (κ3) is 4.18. The highest BCUT2D eigenvalue weighted by molar-refractivity contribution is 5.91. The number of carbonyl (C=O) groups excluding carboxylic acids is 1. The summed E-state index contributed by atoms with van der Waals surface area (Å²) in [6.45, 7) is 0. The van der Waals surface area contributed by atoms with Gasteiger partial charge in [-0.25, -0.2) is 4.68 Å². The van der Waals surface area contributed by atoms with Crippen LogP contribution in [0.5, 0.6) is 0 Å². The minimum absolute atomic E-state index is 0.0273. The molecule has 4 rings (SSSR count). The fraction of sp³-hybridized carbons (Fsp3) is 0.0833. The second-order valence-corrected chi connectivity index (χ2v) is 6.56. The maximum Gasteiger partial charge on any atom is 0.225 e. The van der Waals surface area contributed by atoms with Crippen LogP contribution in [0.1, 0.15) is 12.0 Å². The van der Waals surface area contributed by atoms with Gasteiger partial charge in [0.2, 0.25) is 5.91 Å². The molecule has 0 bridgehead atoms. The van der Waals surface area contributed by atoms with Crippen molar-refractivity contribution < 1.29 is 4.79 Å². The Hall–Kier alpha value is -3.66. The van der Waals surface area contributed by atoms with E-state index < -0.39 is 0 Å². The van der Waals surface area contributed by atoms with E-state index in [4.69, 9.17) is 5.10 Å². The molecule has 0 radical (unpaired) electrons. The smallest absolute Gasteiger partial charge is 0.225 e. The number of aryl methyl sites for hydroxylation is 1. The van der Waals surface area contributed by atoms with E-state index in [-0.39, 0.29) is 5.91 Å². The normalized spacial score (nSPS) is 10.6. The summed E-state index contributed by atoms with van der Waals surface area (Å²) in [5, 5.41) is 7.75. The number of amides is 1. The number of hydrogen-bond donors (Lipinski definition) is 1. The average molecular weight is 367 g/mol. The standard InChI is InChI=1S/C24H21N3O/c28-24(17-16-19-10-4-1-5-11-19)25-23-18-22(20-12-6-2-7-13-20)26-27(23)21-14-8-3-9-15-21/h1-15,18H,16-17H2,(H,25,28). The number of benzene rings is 3. The third-order valence-corrected chi connectivity index (χ3v) is 4.53. The Kier molecular flexibility index (Phi) is 5.29. The second-order valence-electron chi connectivity index (χ2n) is 6.56. The molecule has 0 spiro atoms. The first-order valence-electron chi connectivity index (χ1n) is 9.34. The summed E-state index contributed by atoms with van der Waals surface area (Å²) in [6, 6.07) is 31.7. The van der Waals surface area contributed by atoms with Crippen LogP contribution < -0.4 is 5.32 Å². The van der Waals surface area contributed by atoms with E-state index in [9.17, 15) is 4.79 Å². The molecular formula is C24H21N3O. The highest BCUT2D eigenvalue weighted by Gasteiger charge is 2.13. The Bertz CT molecular complexity index is 1040. The summed E-state index contributed by atoms with van der Waals surface area (Å²) < 4.78 is 1.78. The van der Waals surface area contributed by atoms with Gasteiger partial charge in [0.25, 0.3) is 0 Å². The lowest BCUT2D eigenvalue weighted by atomic mass is 10.1. The lowest BCUT2D eigenvalue weighted by molar-refractivity contribution is -0.116. The molecule has 0 saturated carbocycles. The largest absolute Gasteiger partial charge is 0.311 e. The predicted octanol–water partition coefficient (Wildman–Crippen LogP) is 5.11. The molecule has 0 saturated heterocycles. The van der Waals surface area contributed by atoms with Crippen LogP contribution in [0.25, 0.3) is 16.9 Å². The van der Waals surface area contributed by atoms with Crippen LogP contribution in [0.15, 0.2) is 97.1 Å². The van der Waals surface area contributed by atoms with E-state index in [0.717, 1.165) is 22.5 Å². The van der Waals surface area contributed by atoms with Crippen LogP contribution >= 0.6 is 0 Å². The van der Waals surface area contributed by atoms with Gasteiger partial charge in [-0.2, -0.15) is 5.10 Å². The first-order chi connectivity index (χ1) is 13.8. The molecule has 1 amide bonds. The molecule has 1 heterocycles. The van der Waals surface area contributed by atoms with Crippen LogP contribution in [0.2, 0.25) is 0 Å². The number of carbonyl (C=O) groups is 1. The second kappa shape index (κ2) is 8.35. The van der Waals surface area contributed by atoms with Gasteiger partial charge >= 0.3 is 0 Å². The van der Waals surface area contributed by atoms with Crippen LogP contribution in [0, 0.1) is 0 Å². The fourth-order valence-electron chi connectivity index (χ4n) is 3.09. The molecule has 0 unspecified atom stereocenters. The van der Waals surface area contributed by atoms with Crippen molar-refractivity contribution in [2.45, 2.75) is 12.8 Å². The fourth-order valence-corrected chi connectivity index (χ4v) is 3.09. The van der Waals surface area contributed by atoms with Gasteiger partial charge in [0.15, 0.2) is 0 Å². The van der Waals surface area contributed by atoms with Crippen molar-refractivity contribution in [3.05, 3.63) is 103 Å². The van der Waals surface area contributed by atoms with E-state index >= 15 is 0 Å². The van der Waals surface area contributed by atoms with Crippen LogP contribution in [0.3, 0.4) is 0 Å². The van der Waals surface area contributed by atoms with Gasteiger partial charge in [0.1, 0.15) is 5.82 Å². The van der Waals surface area contributed by atoms with E-state index in [1.165, 1.54) is 0 Å². The van der Waals surface area contributed by atoms with Crippen LogP contribution in [0.4, 0.5) is 5.82 Å². The number of aromatic nitrogens is 2. The van der Waals surface area contributed by atoms with Crippen molar-refractivity contribution in [1.82, 2.24) is 9.78 Å². The van der Waals surface area contributed by atoms with Gasteiger partial charge in [-0.3, -0.25) is 4.79 Å². The molecule has 0 aliphatic rings. The zero-order valence-electron chi connectivity index (χ0n) is 15.5. The lowest BCUT2D eigenvalue weighted by Gasteiger charge is -2.09. The summed E-state index contributed by atoms with van der Waals surface area (Å²) in [5.41, 5.74) is 3.89. The SMILES string of the molecule is O=C(CCc1ccccc1)Nc1cc(-c2ccccc2)nn1-c1ccccc1. The summed E-state index contributed by atoms with van der Waals surface area (Å²) in [6.07, 6.45) is 1.13. The molecule has 28 heavy (non-hydrogen) atoms. The number of anilines is 1. The Balaban J connectivity index is 1.58. The summed E-state index contributed by atoms with van der Waals surface area (Å²) >= 11 is 0. The summed E-state index contributed by atoms with van der Waals surface area (Å²) in [4.78, 5) is 12.6. The molecule has 138 valence electrons. The molecule has 0 atom stereocenters. The van der Waals surface area contributed by atoms with Crippen LogP contribution in [-0.4, -0.2) is 15.7 Å². The van der Waals surface area contributed by atoms with Crippen LogP contribution in [-0.2, 0) is 11.2 Å². The van der Waals surface area contributed by atoms with Gasteiger partial charge < -0.3 is 5.32 Å². The first kappa shape index (κ1) is 17.7. The predicted molar refractivity (Wildman–Crippen MR) is 112 cm³/mol. The molecule has 3 aromatic carbocycles. The number of rotatable bonds is 6. The summed E-state index contributed by atoms with van der Waals surface area (Å²) in [7, 11) is 0. The maximum atomic E-state index is 12.6. The lowest BCUT2D eigenvalue weighted by Crippen LogP contribution is -2.15. The van der Waals surface area contributed by atoms with E-state index in [1.807, 2.05) is 97.1 Å². The van der Waals surface area contributed by atoms with Crippen molar-refractivity contribution in [1.29, 1.82) is 0 Å². The molecule has 1 N–H and O–H groups in total. The van der Waals surface area contributed by atoms with Crippen molar-refractivity contribution in [2.24, 2.45) is 0 Å². The first-order valence-corrected chi connectivity index (χ1v) is 9.34. The van der Waals surface area contributed by atoms with Crippen molar-refractivity contribution in [3.63, 3.8) is 0 Å². The van der Waals surface area contributed by atoms with Crippen molar-refractivity contribution in [2.75, 3.05) is 5.32 Å². The van der Waals surface area contributed by atoms with E-state index in [1.54, 1.807) is 4.68 Å². The molecule has 4 aromatic rings. The molecule has 4 nitrogen and oxygen atoms in total. The molecular weight excluding hydrogens is 346 g/mol. The quantitative estimate of drug-likeness (QED) is 0.515. The number of nitrogens with zero attached hydrogens (tertiary/aromatic N) is 2. The number of nitrogens with one attached hydrogen (secondary N) is 1. The minimum Gasteiger partial charge on any atom is -0.311 e. The Labute approximate surface area is 164 Å². The highest BCUT2D eigenvalue weighted by atomic mass is 16.1. The average Bonchev–Trinajstić information content (AvgIpc) is 3.18. The Morgan fingerprint density at radius 2 is 1.43 bits per heavy atom. The van der Waals surface area contributed by atoms with E-state index in [0.29, 0.717) is 18.7 Å². The van der Waals surface area contributed by atoms with Gasteiger partial charge in [-0.05, 0) is 24.1 Å². The summed E-state index contributed by atoms with van der Waals surface area (Å²) in [5.74, 6) is 0.642. The van der Waals surface area contributed by atoms with Crippen molar-refractivity contribution >= 4 is 11.7 Å². The number of para-hydroxylation sites is 1. The van der Waals surface area contributed by atoms with Gasteiger partial charge in [-0.1, -0.05) is 78.9 Å². The molecule has 0 aliphatic carbocycles. The topological polar surface area (TPSA) is 46.9 Å². The maximum absolute atomic E-state index is 12.6. The Morgan fingerprint density at radius 3 is 2.11 bits per heavy atom. The molecule has 1 aromatic heterocycles. The zero-order chi connectivity index (χ0) is 19.2. The van der Waals surface area contributed by atoms with Gasteiger partial charge in [-0.15, -0.1) is 0 Å². The van der Waals surface area contributed by atoms with Crippen molar-refractivity contribution in [3.8, 4) is 16.9 Å². The van der Waals surface area contributed by atoms with Gasteiger partial charge in [0, 0.05) is 18.1 Å².